The van der Waals surface area contributed by atoms with Crippen molar-refractivity contribution in [3.05, 3.63) is 29.8 Å². The van der Waals surface area contributed by atoms with E-state index in [-0.39, 0.29) is 0 Å². The van der Waals surface area contributed by atoms with Gasteiger partial charge in [0.15, 0.2) is 0 Å². The molecular formula is C12H17N. The molecule has 2 rings (SSSR count). The van der Waals surface area contributed by atoms with Crippen LogP contribution in [0.15, 0.2) is 24.3 Å². The predicted octanol–water partition coefficient (Wildman–Crippen LogP) is 3.24. The van der Waals surface area contributed by atoms with Crippen molar-refractivity contribution < 1.29 is 0 Å². The largest absolute Gasteiger partial charge is 0.384 e. The zero-order chi connectivity index (χ0) is 9.26. The van der Waals surface area contributed by atoms with Gasteiger partial charge in [0, 0.05) is 18.2 Å². The van der Waals surface area contributed by atoms with Crippen LogP contribution in [0.25, 0.3) is 0 Å². The minimum atomic E-state index is 0.723. The van der Waals surface area contributed by atoms with E-state index in [1.807, 2.05) is 0 Å². The summed E-state index contributed by atoms with van der Waals surface area (Å²) in [6, 6.07) is 8.68. The molecule has 2 unspecified atom stereocenters. The molecule has 2 atom stereocenters. The molecule has 1 aliphatic heterocycles. The van der Waals surface area contributed by atoms with E-state index in [2.05, 4.69) is 43.4 Å². The second kappa shape index (κ2) is 3.41. The van der Waals surface area contributed by atoms with Crippen LogP contribution in [0.2, 0.25) is 0 Å². The molecule has 1 heteroatoms. The molecule has 0 spiro atoms. The van der Waals surface area contributed by atoms with E-state index in [0.717, 1.165) is 18.4 Å². The molecule has 0 aliphatic carbocycles. The molecule has 0 bridgehead atoms. The van der Waals surface area contributed by atoms with Crippen molar-refractivity contribution in [3.8, 4) is 0 Å². The minimum absolute atomic E-state index is 0.723. The second-order valence-electron chi connectivity index (χ2n) is 3.96. The van der Waals surface area contributed by atoms with Gasteiger partial charge in [0.1, 0.15) is 0 Å². The number of para-hydroxylation sites is 1. The van der Waals surface area contributed by atoms with Gasteiger partial charge in [-0.05, 0) is 17.5 Å². The van der Waals surface area contributed by atoms with E-state index in [1.54, 1.807) is 0 Å². The van der Waals surface area contributed by atoms with Gasteiger partial charge in [0.05, 0.1) is 0 Å². The average molecular weight is 175 g/mol. The van der Waals surface area contributed by atoms with Crippen LogP contribution < -0.4 is 5.32 Å². The van der Waals surface area contributed by atoms with Gasteiger partial charge in [-0.25, -0.2) is 0 Å². The molecule has 0 saturated heterocycles. The van der Waals surface area contributed by atoms with Crippen LogP contribution >= 0.6 is 0 Å². The first-order valence-corrected chi connectivity index (χ1v) is 5.15. The SMILES string of the molecule is CCC(C)C1CNc2ccccc21. The monoisotopic (exact) mass is 175 g/mol. The lowest BCUT2D eigenvalue weighted by Crippen LogP contribution is -2.10. The minimum Gasteiger partial charge on any atom is -0.384 e. The van der Waals surface area contributed by atoms with E-state index >= 15 is 0 Å². The van der Waals surface area contributed by atoms with Crippen LogP contribution in [0.5, 0.6) is 0 Å². The van der Waals surface area contributed by atoms with Crippen molar-refractivity contribution in [2.24, 2.45) is 5.92 Å². The van der Waals surface area contributed by atoms with Crippen LogP contribution in [0, 0.1) is 5.92 Å². The van der Waals surface area contributed by atoms with Crippen LogP contribution in [0.3, 0.4) is 0 Å². The average Bonchev–Trinajstić information content (AvgIpc) is 2.60. The number of anilines is 1. The van der Waals surface area contributed by atoms with E-state index < -0.39 is 0 Å². The Morgan fingerprint density at radius 3 is 3.00 bits per heavy atom. The number of fused-ring (bicyclic) bond motifs is 1. The van der Waals surface area contributed by atoms with E-state index in [9.17, 15) is 0 Å². The fourth-order valence-corrected chi connectivity index (χ4v) is 2.10. The fraction of sp³-hybridized carbons (Fsp3) is 0.500. The first-order chi connectivity index (χ1) is 6.33. The highest BCUT2D eigenvalue weighted by Crippen LogP contribution is 2.36. The molecule has 1 N–H and O–H groups in total. The quantitative estimate of drug-likeness (QED) is 0.727. The van der Waals surface area contributed by atoms with Gasteiger partial charge >= 0.3 is 0 Å². The standard InChI is InChI=1S/C12H17N/c1-3-9(2)11-8-13-12-7-5-4-6-10(11)12/h4-7,9,11,13H,3,8H2,1-2H3. The maximum atomic E-state index is 3.47. The molecule has 1 aromatic rings. The van der Waals surface area contributed by atoms with Gasteiger partial charge in [-0.3, -0.25) is 0 Å². The summed E-state index contributed by atoms with van der Waals surface area (Å²) < 4.78 is 0. The fourth-order valence-electron chi connectivity index (χ4n) is 2.10. The topological polar surface area (TPSA) is 12.0 Å². The van der Waals surface area contributed by atoms with Crippen molar-refractivity contribution in [2.75, 3.05) is 11.9 Å². The first-order valence-electron chi connectivity index (χ1n) is 5.15. The Bertz CT molecular complexity index is 293. The Kier molecular flexibility index (Phi) is 2.26. The third kappa shape index (κ3) is 1.43. The highest BCUT2D eigenvalue weighted by atomic mass is 14.9. The zero-order valence-electron chi connectivity index (χ0n) is 8.38. The van der Waals surface area contributed by atoms with Crippen molar-refractivity contribution in [1.29, 1.82) is 0 Å². The predicted molar refractivity (Wildman–Crippen MR) is 57.1 cm³/mol. The van der Waals surface area contributed by atoms with Crippen molar-refractivity contribution in [1.82, 2.24) is 0 Å². The van der Waals surface area contributed by atoms with Gasteiger partial charge < -0.3 is 5.32 Å². The second-order valence-corrected chi connectivity index (χ2v) is 3.96. The summed E-state index contributed by atoms with van der Waals surface area (Å²) in [4.78, 5) is 0. The van der Waals surface area contributed by atoms with Gasteiger partial charge in [-0.2, -0.15) is 0 Å². The van der Waals surface area contributed by atoms with Crippen LogP contribution in [0.4, 0.5) is 5.69 Å². The Labute approximate surface area is 80.2 Å². The molecule has 0 saturated carbocycles. The van der Waals surface area contributed by atoms with Crippen LogP contribution in [-0.4, -0.2) is 6.54 Å². The lowest BCUT2D eigenvalue weighted by molar-refractivity contribution is 0.472. The molecule has 1 heterocycles. The molecule has 0 radical (unpaired) electrons. The molecule has 0 fully saturated rings. The Morgan fingerprint density at radius 1 is 1.46 bits per heavy atom. The molecular weight excluding hydrogens is 158 g/mol. The summed E-state index contributed by atoms with van der Waals surface area (Å²) >= 11 is 0. The zero-order valence-corrected chi connectivity index (χ0v) is 8.38. The summed E-state index contributed by atoms with van der Waals surface area (Å²) in [6.07, 6.45) is 1.26. The summed E-state index contributed by atoms with van der Waals surface area (Å²) in [7, 11) is 0. The number of rotatable bonds is 2. The van der Waals surface area contributed by atoms with E-state index in [1.165, 1.54) is 17.7 Å². The van der Waals surface area contributed by atoms with Crippen LogP contribution in [0.1, 0.15) is 31.7 Å². The molecule has 1 aromatic carbocycles. The van der Waals surface area contributed by atoms with Crippen molar-refractivity contribution in [2.45, 2.75) is 26.2 Å². The third-order valence-electron chi connectivity index (χ3n) is 3.20. The summed E-state index contributed by atoms with van der Waals surface area (Å²) in [5, 5.41) is 3.47. The molecule has 70 valence electrons. The molecule has 13 heavy (non-hydrogen) atoms. The van der Waals surface area contributed by atoms with Crippen molar-refractivity contribution >= 4 is 5.69 Å². The molecule has 1 nitrogen and oxygen atoms in total. The van der Waals surface area contributed by atoms with E-state index in [4.69, 9.17) is 0 Å². The maximum absolute atomic E-state index is 3.47. The molecule has 0 aromatic heterocycles. The van der Waals surface area contributed by atoms with E-state index in [0.29, 0.717) is 0 Å². The third-order valence-corrected chi connectivity index (χ3v) is 3.20. The summed E-state index contributed by atoms with van der Waals surface area (Å²) in [5.74, 6) is 1.51. The number of nitrogens with one attached hydrogen (secondary N) is 1. The number of benzene rings is 1. The maximum Gasteiger partial charge on any atom is 0.0376 e. The Hall–Kier alpha value is -0.980. The highest BCUT2D eigenvalue weighted by molar-refractivity contribution is 5.57. The Balaban J connectivity index is 2.28. The first kappa shape index (κ1) is 8.61. The number of hydrogen-bond donors (Lipinski definition) is 1. The lowest BCUT2D eigenvalue weighted by Gasteiger charge is -2.16. The van der Waals surface area contributed by atoms with Gasteiger partial charge in [0.25, 0.3) is 0 Å². The van der Waals surface area contributed by atoms with Crippen LogP contribution in [-0.2, 0) is 0 Å². The normalized spacial score (nSPS) is 22.2. The Morgan fingerprint density at radius 2 is 2.23 bits per heavy atom. The van der Waals surface area contributed by atoms with Crippen molar-refractivity contribution in [3.63, 3.8) is 0 Å². The lowest BCUT2D eigenvalue weighted by atomic mass is 9.87. The van der Waals surface area contributed by atoms with Gasteiger partial charge in [0.2, 0.25) is 0 Å². The molecule has 1 aliphatic rings. The summed E-state index contributed by atoms with van der Waals surface area (Å²) in [6.45, 7) is 5.73. The smallest absolute Gasteiger partial charge is 0.0376 e. The van der Waals surface area contributed by atoms with Gasteiger partial charge in [-0.1, -0.05) is 38.5 Å². The van der Waals surface area contributed by atoms with Gasteiger partial charge in [-0.15, -0.1) is 0 Å². The molecule has 0 amide bonds. The number of hydrogen-bond acceptors (Lipinski definition) is 1. The highest BCUT2D eigenvalue weighted by Gasteiger charge is 2.25. The summed E-state index contributed by atoms with van der Waals surface area (Å²) in [5.41, 5.74) is 2.85.